The van der Waals surface area contributed by atoms with Gasteiger partial charge in [-0.25, -0.2) is 4.79 Å². The molecular formula is C19H26F3N3O2S. The van der Waals surface area contributed by atoms with Crippen molar-refractivity contribution in [1.82, 2.24) is 10.0 Å². The topological polar surface area (TPSA) is 76.2 Å². The number of amides is 2. The van der Waals surface area contributed by atoms with Crippen molar-refractivity contribution >= 4 is 23.1 Å². The summed E-state index contributed by atoms with van der Waals surface area (Å²) in [6, 6.07) is 1.79. The molecule has 0 radical (unpaired) electrons. The predicted molar refractivity (Wildman–Crippen MR) is 104 cm³/mol. The van der Waals surface area contributed by atoms with E-state index in [0.717, 1.165) is 44.2 Å². The number of carbonyl (C=O) groups is 1. The first-order valence-electron chi connectivity index (χ1n) is 9.73. The fourth-order valence-corrected chi connectivity index (χ4v) is 4.71. The monoisotopic (exact) mass is 417 g/mol. The number of carbonyl (C=O) groups excluding carboxylic acids is 1. The molecule has 28 heavy (non-hydrogen) atoms. The molecule has 0 heterocycles. The molecule has 156 valence electrons. The van der Waals surface area contributed by atoms with Gasteiger partial charge in [0.05, 0.1) is 17.8 Å². The number of benzene rings is 1. The lowest BCUT2D eigenvalue weighted by Gasteiger charge is -2.17. The molecule has 3 rings (SSSR count). The van der Waals surface area contributed by atoms with Gasteiger partial charge in [0, 0.05) is 18.7 Å². The van der Waals surface area contributed by atoms with E-state index in [1.54, 1.807) is 0 Å². The number of hydrogen-bond donors (Lipinski definition) is 3. The molecule has 2 amide bonds. The van der Waals surface area contributed by atoms with E-state index in [1.807, 2.05) is 0 Å². The molecule has 1 aromatic rings. The van der Waals surface area contributed by atoms with Crippen molar-refractivity contribution in [1.29, 1.82) is 0 Å². The third kappa shape index (κ3) is 5.78. The zero-order valence-electron chi connectivity index (χ0n) is 15.7. The molecular weight excluding hydrogens is 391 g/mol. The first-order chi connectivity index (χ1) is 13.3. The summed E-state index contributed by atoms with van der Waals surface area (Å²) in [5, 5.41) is 5.58. The van der Waals surface area contributed by atoms with Gasteiger partial charge < -0.3 is 15.2 Å². The molecule has 0 aromatic heterocycles. The second-order valence-corrected chi connectivity index (χ2v) is 8.61. The van der Waals surface area contributed by atoms with E-state index >= 15 is 0 Å². The Morgan fingerprint density at radius 2 is 1.71 bits per heavy atom. The SMILES string of the molecule is O=C(Nc1c2c(cc3c1CCC3)CCC2)N[S+]([O-])CCCNCCC(F)(F)F. The third-order valence-electron chi connectivity index (χ3n) is 5.19. The van der Waals surface area contributed by atoms with Gasteiger partial charge in [0.15, 0.2) is 0 Å². The van der Waals surface area contributed by atoms with Crippen molar-refractivity contribution in [2.75, 3.05) is 24.2 Å². The first kappa shape index (κ1) is 21.3. The number of rotatable bonds is 8. The number of halogens is 3. The Balaban J connectivity index is 1.44. The van der Waals surface area contributed by atoms with E-state index in [9.17, 15) is 22.5 Å². The summed E-state index contributed by atoms with van der Waals surface area (Å²) in [4.78, 5) is 12.3. The van der Waals surface area contributed by atoms with Crippen LogP contribution >= 0.6 is 0 Å². The normalized spacial score (nSPS) is 16.6. The predicted octanol–water partition coefficient (Wildman–Crippen LogP) is 3.38. The molecule has 5 nitrogen and oxygen atoms in total. The summed E-state index contributed by atoms with van der Waals surface area (Å²) in [5.74, 6) is 0.192. The average Bonchev–Trinajstić information content (AvgIpc) is 3.25. The van der Waals surface area contributed by atoms with Crippen LogP contribution in [0, 0.1) is 0 Å². The summed E-state index contributed by atoms with van der Waals surface area (Å²) in [5.41, 5.74) is 5.92. The summed E-state index contributed by atoms with van der Waals surface area (Å²) in [6.07, 6.45) is 1.49. The maximum atomic E-state index is 12.3. The van der Waals surface area contributed by atoms with E-state index < -0.39 is 30.0 Å². The third-order valence-corrected chi connectivity index (χ3v) is 6.26. The van der Waals surface area contributed by atoms with Crippen LogP contribution in [0.3, 0.4) is 0 Å². The number of hydrogen-bond acceptors (Lipinski definition) is 3. The minimum atomic E-state index is -4.17. The first-order valence-corrected chi connectivity index (χ1v) is 11.1. The van der Waals surface area contributed by atoms with Gasteiger partial charge in [-0.1, -0.05) is 6.07 Å². The van der Waals surface area contributed by atoms with Gasteiger partial charge in [0.2, 0.25) is 0 Å². The van der Waals surface area contributed by atoms with Crippen LogP contribution in [0.1, 0.15) is 47.9 Å². The Kier molecular flexibility index (Phi) is 7.11. The van der Waals surface area contributed by atoms with Gasteiger partial charge in [0.1, 0.15) is 5.75 Å². The van der Waals surface area contributed by atoms with Crippen LogP contribution in [0.5, 0.6) is 0 Å². The minimum absolute atomic E-state index is 0.158. The van der Waals surface area contributed by atoms with Crippen molar-refractivity contribution in [3.63, 3.8) is 0 Å². The lowest BCUT2D eigenvalue weighted by molar-refractivity contribution is -0.133. The molecule has 0 aliphatic heterocycles. The van der Waals surface area contributed by atoms with Gasteiger partial charge in [0.25, 0.3) is 0 Å². The van der Waals surface area contributed by atoms with E-state index in [1.165, 1.54) is 22.3 Å². The van der Waals surface area contributed by atoms with Gasteiger partial charge in [-0.05, 0) is 67.3 Å². The number of nitrogens with one attached hydrogen (secondary N) is 3. The molecule has 0 bridgehead atoms. The maximum absolute atomic E-state index is 12.3. The minimum Gasteiger partial charge on any atom is -0.593 e. The second kappa shape index (κ2) is 9.37. The number of urea groups is 1. The van der Waals surface area contributed by atoms with Crippen LogP contribution in [-0.4, -0.2) is 35.6 Å². The quantitative estimate of drug-likeness (QED) is 0.448. The van der Waals surface area contributed by atoms with Crippen LogP contribution in [0.4, 0.5) is 23.7 Å². The van der Waals surface area contributed by atoms with Gasteiger partial charge in [-0.3, -0.25) is 0 Å². The van der Waals surface area contributed by atoms with E-state index in [-0.39, 0.29) is 12.3 Å². The molecule has 2 aliphatic carbocycles. The van der Waals surface area contributed by atoms with Crippen molar-refractivity contribution in [2.45, 2.75) is 57.5 Å². The summed E-state index contributed by atoms with van der Waals surface area (Å²) in [6.45, 7) is 0.166. The second-order valence-electron chi connectivity index (χ2n) is 7.31. The van der Waals surface area contributed by atoms with Crippen molar-refractivity contribution in [3.8, 4) is 0 Å². The Labute approximate surface area is 166 Å². The number of alkyl halides is 3. The molecule has 1 unspecified atom stereocenters. The van der Waals surface area contributed by atoms with Crippen LogP contribution in [0.15, 0.2) is 6.07 Å². The molecule has 0 saturated heterocycles. The number of anilines is 1. The molecule has 1 atom stereocenters. The smallest absolute Gasteiger partial charge is 0.390 e. The highest BCUT2D eigenvalue weighted by Crippen LogP contribution is 2.38. The van der Waals surface area contributed by atoms with Crippen molar-refractivity contribution in [2.24, 2.45) is 0 Å². The Hall–Kier alpha value is -1.45. The number of fused-ring (bicyclic) bond motifs is 2. The van der Waals surface area contributed by atoms with E-state index in [0.29, 0.717) is 13.0 Å². The van der Waals surface area contributed by atoms with Crippen LogP contribution < -0.4 is 15.4 Å². The zero-order chi connectivity index (χ0) is 20.1. The van der Waals surface area contributed by atoms with Gasteiger partial charge >= 0.3 is 12.2 Å². The molecule has 1 aromatic carbocycles. The molecule has 0 spiro atoms. The number of aryl methyl sites for hydroxylation is 2. The Bertz CT molecular complexity index is 680. The fourth-order valence-electron chi connectivity index (χ4n) is 3.94. The van der Waals surface area contributed by atoms with E-state index in [4.69, 9.17) is 0 Å². The van der Waals surface area contributed by atoms with Crippen molar-refractivity contribution in [3.05, 3.63) is 28.3 Å². The lowest BCUT2D eigenvalue weighted by atomic mass is 9.99. The molecule has 3 N–H and O–H groups in total. The Morgan fingerprint density at radius 3 is 2.32 bits per heavy atom. The molecule has 0 saturated carbocycles. The lowest BCUT2D eigenvalue weighted by Crippen LogP contribution is -2.37. The van der Waals surface area contributed by atoms with Crippen LogP contribution in [0.25, 0.3) is 0 Å². The van der Waals surface area contributed by atoms with Gasteiger partial charge in [-0.2, -0.15) is 17.9 Å². The summed E-state index contributed by atoms with van der Waals surface area (Å²) in [7, 11) is 0. The van der Waals surface area contributed by atoms with E-state index in [2.05, 4.69) is 21.4 Å². The Morgan fingerprint density at radius 1 is 1.07 bits per heavy atom. The highest BCUT2D eigenvalue weighted by molar-refractivity contribution is 7.90. The highest BCUT2D eigenvalue weighted by atomic mass is 32.2. The highest BCUT2D eigenvalue weighted by Gasteiger charge is 2.27. The molecule has 0 fully saturated rings. The largest absolute Gasteiger partial charge is 0.593 e. The molecule has 2 aliphatic rings. The standard InChI is InChI=1S/C19H26F3N3O2S/c20-19(21,22)8-10-23-9-3-11-28(27)25-18(26)24-17-15-6-1-4-13(15)12-14-5-2-7-16(14)17/h12,23H,1-11H2,(H2,24,25,26). The average molecular weight is 417 g/mol. The van der Waals surface area contributed by atoms with Crippen LogP contribution in [0.2, 0.25) is 0 Å². The maximum Gasteiger partial charge on any atom is 0.390 e. The fraction of sp³-hybridized carbons (Fsp3) is 0.632. The summed E-state index contributed by atoms with van der Waals surface area (Å²) < 4.78 is 50.6. The zero-order valence-corrected chi connectivity index (χ0v) is 16.5. The summed E-state index contributed by atoms with van der Waals surface area (Å²) >= 11 is -1.57. The van der Waals surface area contributed by atoms with Crippen molar-refractivity contribution < 1.29 is 22.5 Å². The van der Waals surface area contributed by atoms with Crippen LogP contribution in [-0.2, 0) is 37.0 Å². The molecule has 9 heteroatoms. The van der Waals surface area contributed by atoms with Gasteiger partial charge in [-0.15, -0.1) is 0 Å².